The van der Waals surface area contributed by atoms with E-state index in [0.717, 1.165) is 17.3 Å². The van der Waals surface area contributed by atoms with E-state index in [0.29, 0.717) is 12.1 Å². The Bertz CT molecular complexity index is 391. The predicted octanol–water partition coefficient (Wildman–Crippen LogP) is 3.07. The van der Waals surface area contributed by atoms with Crippen molar-refractivity contribution in [1.29, 1.82) is 0 Å². The predicted molar refractivity (Wildman–Crippen MR) is 76.6 cm³/mol. The van der Waals surface area contributed by atoms with Crippen LogP contribution in [0.15, 0.2) is 28.7 Å². The van der Waals surface area contributed by atoms with Crippen molar-refractivity contribution in [2.45, 2.75) is 32.7 Å². The van der Waals surface area contributed by atoms with Gasteiger partial charge in [-0.3, -0.25) is 4.79 Å². The Morgan fingerprint density at radius 3 is 2.56 bits per heavy atom. The van der Waals surface area contributed by atoms with Crippen LogP contribution in [0.4, 0.5) is 0 Å². The molecule has 18 heavy (non-hydrogen) atoms. The fraction of sp³-hybridized carbons (Fsp3) is 0.500. The van der Waals surface area contributed by atoms with Crippen molar-refractivity contribution in [3.8, 4) is 0 Å². The summed E-state index contributed by atoms with van der Waals surface area (Å²) in [6, 6.07) is 7.55. The lowest BCUT2D eigenvalue weighted by molar-refractivity contribution is 0.0622. The van der Waals surface area contributed by atoms with E-state index in [1.165, 1.54) is 0 Å². The highest BCUT2D eigenvalue weighted by Gasteiger charge is 2.21. The smallest absolute Gasteiger partial charge is 0.254 e. The average molecular weight is 314 g/mol. The van der Waals surface area contributed by atoms with Gasteiger partial charge in [-0.25, -0.2) is 0 Å². The Morgan fingerprint density at radius 2 is 2.06 bits per heavy atom. The molecule has 4 heteroatoms. The Kier molecular flexibility index (Phi) is 6.36. The summed E-state index contributed by atoms with van der Waals surface area (Å²) in [6.07, 6.45) is 1.80. The van der Waals surface area contributed by atoms with Gasteiger partial charge >= 0.3 is 0 Å². The molecule has 0 saturated heterocycles. The molecule has 3 nitrogen and oxygen atoms in total. The second-order valence-corrected chi connectivity index (χ2v) is 5.12. The zero-order valence-corrected chi connectivity index (χ0v) is 12.5. The lowest BCUT2D eigenvalue weighted by Gasteiger charge is -2.30. The third-order valence-electron chi connectivity index (χ3n) is 3.06. The fourth-order valence-corrected chi connectivity index (χ4v) is 2.47. The summed E-state index contributed by atoms with van der Waals surface area (Å²) in [5.74, 6) is -0.0148. The molecule has 0 radical (unpaired) electrons. The van der Waals surface area contributed by atoms with Crippen LogP contribution < -0.4 is 0 Å². The van der Waals surface area contributed by atoms with Crippen LogP contribution >= 0.6 is 15.9 Å². The molecule has 100 valence electrons. The van der Waals surface area contributed by atoms with Crippen molar-refractivity contribution in [2.75, 3.05) is 13.2 Å². The van der Waals surface area contributed by atoms with Gasteiger partial charge in [-0.05, 0) is 31.0 Å². The van der Waals surface area contributed by atoms with Gasteiger partial charge in [0.25, 0.3) is 5.91 Å². The highest BCUT2D eigenvalue weighted by molar-refractivity contribution is 9.10. The summed E-state index contributed by atoms with van der Waals surface area (Å²) in [5, 5.41) is 9.12. The molecular weight excluding hydrogens is 294 g/mol. The first-order valence-corrected chi connectivity index (χ1v) is 7.10. The van der Waals surface area contributed by atoms with Crippen LogP contribution in [0.2, 0.25) is 0 Å². The van der Waals surface area contributed by atoms with E-state index in [1.807, 2.05) is 18.2 Å². The number of rotatable bonds is 6. The van der Waals surface area contributed by atoms with Crippen molar-refractivity contribution < 1.29 is 9.90 Å². The van der Waals surface area contributed by atoms with Gasteiger partial charge in [0.05, 0.1) is 6.61 Å². The molecule has 0 aliphatic carbocycles. The zero-order chi connectivity index (χ0) is 13.5. The molecule has 0 fully saturated rings. The molecule has 1 rings (SSSR count). The van der Waals surface area contributed by atoms with Crippen LogP contribution in [0.1, 0.15) is 37.0 Å². The number of nitrogens with zero attached hydrogens (tertiary/aromatic N) is 1. The van der Waals surface area contributed by atoms with E-state index >= 15 is 0 Å². The normalized spacial score (nSPS) is 10.7. The highest BCUT2D eigenvalue weighted by atomic mass is 79.9. The molecule has 1 amide bonds. The number of aliphatic hydroxyl groups is 1. The second-order valence-electron chi connectivity index (χ2n) is 4.20. The molecule has 0 spiro atoms. The van der Waals surface area contributed by atoms with Crippen molar-refractivity contribution in [3.05, 3.63) is 34.3 Å². The van der Waals surface area contributed by atoms with Gasteiger partial charge in [0.2, 0.25) is 0 Å². The maximum Gasteiger partial charge on any atom is 0.254 e. The van der Waals surface area contributed by atoms with Gasteiger partial charge in [-0.15, -0.1) is 0 Å². The van der Waals surface area contributed by atoms with Crippen LogP contribution in [-0.4, -0.2) is 35.1 Å². The number of carbonyl (C=O) groups is 1. The summed E-state index contributed by atoms with van der Waals surface area (Å²) < 4.78 is 0.891. The summed E-state index contributed by atoms with van der Waals surface area (Å²) in [4.78, 5) is 14.2. The Labute approximate surface area is 117 Å². The minimum absolute atomic E-state index is 0.00373. The first kappa shape index (κ1) is 15.2. The van der Waals surface area contributed by atoms with Gasteiger partial charge < -0.3 is 10.0 Å². The fourth-order valence-electron chi connectivity index (χ4n) is 2.07. The highest BCUT2D eigenvalue weighted by Crippen LogP contribution is 2.17. The Morgan fingerprint density at radius 1 is 1.39 bits per heavy atom. The van der Waals surface area contributed by atoms with E-state index in [2.05, 4.69) is 29.8 Å². The molecule has 0 heterocycles. The van der Waals surface area contributed by atoms with E-state index in [1.54, 1.807) is 11.0 Å². The van der Waals surface area contributed by atoms with Gasteiger partial charge in [-0.2, -0.15) is 0 Å². The van der Waals surface area contributed by atoms with Crippen LogP contribution in [-0.2, 0) is 0 Å². The quantitative estimate of drug-likeness (QED) is 0.876. The molecule has 0 bridgehead atoms. The molecule has 1 aromatic carbocycles. The summed E-state index contributed by atoms with van der Waals surface area (Å²) >= 11 is 3.37. The van der Waals surface area contributed by atoms with E-state index < -0.39 is 0 Å². The topological polar surface area (TPSA) is 40.5 Å². The third kappa shape index (κ3) is 3.82. The number of benzene rings is 1. The molecule has 1 aromatic rings. The standard InChI is InChI=1S/C14H20BrNO2/c1-3-13(4-2)16(8-9-17)14(18)11-6-5-7-12(15)10-11/h5-7,10,13,17H,3-4,8-9H2,1-2H3. The van der Waals surface area contributed by atoms with Gasteiger partial charge in [0, 0.05) is 22.6 Å². The van der Waals surface area contributed by atoms with Crippen molar-refractivity contribution >= 4 is 21.8 Å². The monoisotopic (exact) mass is 313 g/mol. The second kappa shape index (κ2) is 7.54. The number of carbonyl (C=O) groups excluding carboxylic acids is 1. The Hall–Kier alpha value is -0.870. The van der Waals surface area contributed by atoms with E-state index in [9.17, 15) is 4.79 Å². The zero-order valence-electron chi connectivity index (χ0n) is 10.9. The van der Waals surface area contributed by atoms with Crippen molar-refractivity contribution in [1.82, 2.24) is 4.90 Å². The number of aliphatic hydroxyl groups excluding tert-OH is 1. The minimum Gasteiger partial charge on any atom is -0.395 e. The van der Waals surface area contributed by atoms with Crippen molar-refractivity contribution in [2.24, 2.45) is 0 Å². The molecule has 0 atom stereocenters. The maximum absolute atomic E-state index is 12.4. The molecule has 0 saturated carbocycles. The lowest BCUT2D eigenvalue weighted by Crippen LogP contribution is -2.41. The van der Waals surface area contributed by atoms with Crippen LogP contribution in [0.5, 0.6) is 0 Å². The van der Waals surface area contributed by atoms with E-state index in [4.69, 9.17) is 5.11 Å². The molecule has 1 N–H and O–H groups in total. The number of hydrogen-bond donors (Lipinski definition) is 1. The van der Waals surface area contributed by atoms with Crippen LogP contribution in [0, 0.1) is 0 Å². The molecular formula is C14H20BrNO2. The summed E-state index contributed by atoms with van der Waals surface area (Å²) in [7, 11) is 0. The van der Waals surface area contributed by atoms with E-state index in [-0.39, 0.29) is 18.6 Å². The van der Waals surface area contributed by atoms with Gasteiger partial charge in [-0.1, -0.05) is 35.8 Å². The average Bonchev–Trinajstić information content (AvgIpc) is 2.38. The molecule has 0 aromatic heterocycles. The molecule has 0 aliphatic rings. The first-order valence-electron chi connectivity index (χ1n) is 6.31. The van der Waals surface area contributed by atoms with Gasteiger partial charge in [0.1, 0.15) is 0 Å². The summed E-state index contributed by atoms with van der Waals surface area (Å²) in [6.45, 7) is 4.51. The number of hydrogen-bond acceptors (Lipinski definition) is 2. The third-order valence-corrected chi connectivity index (χ3v) is 3.55. The van der Waals surface area contributed by atoms with Crippen molar-refractivity contribution in [3.63, 3.8) is 0 Å². The van der Waals surface area contributed by atoms with Gasteiger partial charge in [0.15, 0.2) is 0 Å². The maximum atomic E-state index is 12.4. The first-order chi connectivity index (χ1) is 8.63. The SMILES string of the molecule is CCC(CC)N(CCO)C(=O)c1cccc(Br)c1. The number of amides is 1. The number of halogens is 1. The van der Waals surface area contributed by atoms with Crippen LogP contribution in [0.3, 0.4) is 0 Å². The minimum atomic E-state index is -0.0148. The molecule has 0 unspecified atom stereocenters. The van der Waals surface area contributed by atoms with Crippen LogP contribution in [0.25, 0.3) is 0 Å². The summed E-state index contributed by atoms with van der Waals surface area (Å²) in [5.41, 5.74) is 0.657. The lowest BCUT2D eigenvalue weighted by atomic mass is 10.1. The Balaban J connectivity index is 2.95. The largest absolute Gasteiger partial charge is 0.395 e. The molecule has 0 aliphatic heterocycles.